The van der Waals surface area contributed by atoms with E-state index < -0.39 is 5.82 Å². The number of nitrogen functional groups attached to an aromatic ring is 1. The number of rotatable bonds is 2. The smallest absolute Gasteiger partial charge is 0.187 e. The molecule has 0 spiro atoms. The van der Waals surface area contributed by atoms with Crippen LogP contribution in [0.4, 0.5) is 14.5 Å². The maximum absolute atomic E-state index is 13.3. The van der Waals surface area contributed by atoms with Gasteiger partial charge in [0.2, 0.25) is 0 Å². The number of aromatic nitrogens is 4. The molecule has 0 aliphatic heterocycles. The SMILES string of the molecule is Nc1cc(-c2nnnn2-c2ccc(F)c(Br)c2)ccc1F. The molecule has 0 aliphatic rings. The molecule has 0 saturated heterocycles. The van der Waals surface area contributed by atoms with Gasteiger partial charge in [-0.05, 0) is 62.8 Å². The summed E-state index contributed by atoms with van der Waals surface area (Å²) in [7, 11) is 0. The monoisotopic (exact) mass is 351 g/mol. The third-order valence-electron chi connectivity index (χ3n) is 2.87. The zero-order valence-electron chi connectivity index (χ0n) is 10.5. The maximum atomic E-state index is 13.3. The van der Waals surface area contributed by atoms with E-state index in [1.165, 1.54) is 35.0 Å². The van der Waals surface area contributed by atoms with Crippen LogP contribution in [0.3, 0.4) is 0 Å². The number of hydrogen-bond acceptors (Lipinski definition) is 4. The third-order valence-corrected chi connectivity index (χ3v) is 3.48. The minimum absolute atomic E-state index is 0.00216. The summed E-state index contributed by atoms with van der Waals surface area (Å²) in [5.74, 6) is -0.526. The van der Waals surface area contributed by atoms with E-state index in [0.29, 0.717) is 21.5 Å². The van der Waals surface area contributed by atoms with Crippen molar-refractivity contribution >= 4 is 21.6 Å². The molecule has 0 amide bonds. The van der Waals surface area contributed by atoms with E-state index in [0.717, 1.165) is 0 Å². The summed E-state index contributed by atoms with van der Waals surface area (Å²) >= 11 is 3.11. The highest BCUT2D eigenvalue weighted by molar-refractivity contribution is 9.10. The largest absolute Gasteiger partial charge is 0.396 e. The average Bonchev–Trinajstić information content (AvgIpc) is 2.94. The summed E-state index contributed by atoms with van der Waals surface area (Å²) < 4.78 is 28.2. The first-order valence-corrected chi connectivity index (χ1v) is 6.65. The van der Waals surface area contributed by atoms with Crippen molar-refractivity contribution in [3.05, 3.63) is 52.5 Å². The summed E-state index contributed by atoms with van der Waals surface area (Å²) in [4.78, 5) is 0. The van der Waals surface area contributed by atoms with Crippen LogP contribution >= 0.6 is 15.9 Å². The first kappa shape index (κ1) is 13.6. The first-order valence-electron chi connectivity index (χ1n) is 5.85. The van der Waals surface area contributed by atoms with Crippen molar-refractivity contribution in [2.45, 2.75) is 0 Å². The minimum atomic E-state index is -0.512. The van der Waals surface area contributed by atoms with E-state index in [-0.39, 0.29) is 11.5 Å². The van der Waals surface area contributed by atoms with Crippen molar-refractivity contribution in [3.63, 3.8) is 0 Å². The Bertz CT molecular complexity index is 752. The van der Waals surface area contributed by atoms with E-state index >= 15 is 0 Å². The molecule has 2 aromatic carbocycles. The van der Waals surface area contributed by atoms with Gasteiger partial charge in [0.1, 0.15) is 11.6 Å². The molecule has 1 aromatic heterocycles. The Morgan fingerprint density at radius 3 is 2.52 bits per heavy atom. The van der Waals surface area contributed by atoms with Gasteiger partial charge in [-0.3, -0.25) is 0 Å². The van der Waals surface area contributed by atoms with Gasteiger partial charge in [0, 0.05) is 5.56 Å². The van der Waals surface area contributed by atoms with Gasteiger partial charge in [0.15, 0.2) is 5.82 Å². The molecule has 0 unspecified atom stereocenters. The topological polar surface area (TPSA) is 69.6 Å². The van der Waals surface area contributed by atoms with Crippen LogP contribution in [0.15, 0.2) is 40.9 Å². The van der Waals surface area contributed by atoms with Crippen LogP contribution in [0.5, 0.6) is 0 Å². The lowest BCUT2D eigenvalue weighted by atomic mass is 10.2. The number of tetrazole rings is 1. The van der Waals surface area contributed by atoms with Crippen molar-refractivity contribution in [1.82, 2.24) is 20.2 Å². The predicted molar refractivity (Wildman–Crippen MR) is 76.6 cm³/mol. The number of benzene rings is 2. The number of hydrogen-bond donors (Lipinski definition) is 1. The van der Waals surface area contributed by atoms with Crippen molar-refractivity contribution < 1.29 is 8.78 Å². The molecule has 106 valence electrons. The third kappa shape index (κ3) is 2.49. The molecule has 0 fully saturated rings. The second kappa shape index (κ2) is 5.21. The first-order chi connectivity index (χ1) is 10.1. The molecule has 0 bridgehead atoms. The van der Waals surface area contributed by atoms with Crippen LogP contribution in [-0.4, -0.2) is 20.2 Å². The van der Waals surface area contributed by atoms with Gasteiger partial charge in [-0.1, -0.05) is 0 Å². The maximum Gasteiger partial charge on any atom is 0.187 e. The second-order valence-corrected chi connectivity index (χ2v) is 5.10. The summed E-state index contributed by atoms with van der Waals surface area (Å²) in [6.45, 7) is 0. The van der Waals surface area contributed by atoms with Crippen LogP contribution in [-0.2, 0) is 0 Å². The van der Waals surface area contributed by atoms with Crippen LogP contribution < -0.4 is 5.73 Å². The van der Waals surface area contributed by atoms with Crippen LogP contribution in [0.25, 0.3) is 17.1 Å². The van der Waals surface area contributed by atoms with Gasteiger partial charge in [-0.15, -0.1) is 5.10 Å². The Morgan fingerprint density at radius 2 is 1.81 bits per heavy atom. The van der Waals surface area contributed by atoms with Crippen molar-refractivity contribution in [2.75, 3.05) is 5.73 Å². The highest BCUT2D eigenvalue weighted by Gasteiger charge is 2.13. The number of anilines is 1. The standard InChI is InChI=1S/C13H8BrF2N5/c14-9-6-8(2-4-10(9)15)21-13(18-19-20-21)7-1-3-11(16)12(17)5-7/h1-6H,17H2. The highest BCUT2D eigenvalue weighted by atomic mass is 79.9. The quantitative estimate of drug-likeness (QED) is 0.720. The van der Waals surface area contributed by atoms with Crippen molar-refractivity contribution in [3.8, 4) is 17.1 Å². The molecule has 21 heavy (non-hydrogen) atoms. The van der Waals surface area contributed by atoms with Crippen LogP contribution in [0, 0.1) is 11.6 Å². The molecule has 0 atom stereocenters. The molecule has 0 radical (unpaired) electrons. The summed E-state index contributed by atoms with van der Waals surface area (Å²) in [6.07, 6.45) is 0. The Kier molecular flexibility index (Phi) is 3.38. The van der Waals surface area contributed by atoms with Crippen molar-refractivity contribution in [1.29, 1.82) is 0 Å². The number of nitrogens with two attached hydrogens (primary N) is 1. The fourth-order valence-electron chi connectivity index (χ4n) is 1.84. The van der Waals surface area contributed by atoms with E-state index in [2.05, 4.69) is 31.5 Å². The number of nitrogens with zero attached hydrogens (tertiary/aromatic N) is 4. The Morgan fingerprint density at radius 1 is 1.05 bits per heavy atom. The Labute approximate surface area is 126 Å². The van der Waals surface area contributed by atoms with Crippen LogP contribution in [0.1, 0.15) is 0 Å². The van der Waals surface area contributed by atoms with Crippen molar-refractivity contribution in [2.24, 2.45) is 0 Å². The normalized spacial score (nSPS) is 10.8. The van der Waals surface area contributed by atoms with E-state index in [9.17, 15) is 8.78 Å². The lowest BCUT2D eigenvalue weighted by molar-refractivity contribution is 0.620. The highest BCUT2D eigenvalue weighted by Crippen LogP contribution is 2.25. The molecule has 0 aliphatic carbocycles. The lowest BCUT2D eigenvalue weighted by Crippen LogP contribution is -2.01. The van der Waals surface area contributed by atoms with E-state index in [1.54, 1.807) is 6.07 Å². The Hall–Kier alpha value is -2.35. The molecule has 3 rings (SSSR count). The Balaban J connectivity index is 2.12. The molecular formula is C13H8BrF2N5. The van der Waals surface area contributed by atoms with Gasteiger partial charge < -0.3 is 5.73 Å². The van der Waals surface area contributed by atoms with Gasteiger partial charge >= 0.3 is 0 Å². The minimum Gasteiger partial charge on any atom is -0.396 e. The van der Waals surface area contributed by atoms with Gasteiger partial charge in [-0.25, -0.2) is 8.78 Å². The molecule has 0 saturated carbocycles. The molecule has 8 heteroatoms. The summed E-state index contributed by atoms with van der Waals surface area (Å²) in [5.41, 5.74) is 6.67. The predicted octanol–water partition coefficient (Wildman–Crippen LogP) is 2.95. The van der Waals surface area contributed by atoms with E-state index in [1.807, 2.05) is 0 Å². The van der Waals surface area contributed by atoms with E-state index in [4.69, 9.17) is 5.73 Å². The summed E-state index contributed by atoms with van der Waals surface area (Å²) in [6, 6.07) is 8.58. The lowest BCUT2D eigenvalue weighted by Gasteiger charge is -2.06. The van der Waals surface area contributed by atoms with Gasteiger partial charge in [0.05, 0.1) is 15.8 Å². The molecule has 3 aromatic rings. The molecule has 5 nitrogen and oxygen atoms in total. The van der Waals surface area contributed by atoms with Crippen LogP contribution in [0.2, 0.25) is 0 Å². The second-order valence-electron chi connectivity index (χ2n) is 4.25. The molecule has 2 N–H and O–H groups in total. The average molecular weight is 352 g/mol. The van der Waals surface area contributed by atoms with Gasteiger partial charge in [0.25, 0.3) is 0 Å². The zero-order chi connectivity index (χ0) is 15.0. The van der Waals surface area contributed by atoms with Gasteiger partial charge in [-0.2, -0.15) is 4.68 Å². The zero-order valence-corrected chi connectivity index (χ0v) is 12.1. The molecule has 1 heterocycles. The number of halogens is 3. The fourth-order valence-corrected chi connectivity index (χ4v) is 2.21. The molecular weight excluding hydrogens is 344 g/mol. The fraction of sp³-hybridized carbons (Fsp3) is 0. The summed E-state index contributed by atoms with van der Waals surface area (Å²) in [5, 5.41) is 11.4.